The van der Waals surface area contributed by atoms with Gasteiger partial charge in [0.2, 0.25) is 0 Å². The Labute approximate surface area is 407 Å². The number of hydrogen-bond donors (Lipinski definition) is 0. The molecule has 10 aromatic carbocycles. The average Bonchev–Trinajstić information content (AvgIpc) is 4.12. The predicted octanol–water partition coefficient (Wildman–Crippen LogP) is 15.3. The van der Waals surface area contributed by atoms with Gasteiger partial charge in [-0.15, -0.1) is 0 Å². The molecule has 0 unspecified atom stereocenters. The molecule has 0 fully saturated rings. The Morgan fingerprint density at radius 1 is 0.352 bits per heavy atom. The van der Waals surface area contributed by atoms with Gasteiger partial charge in [0.15, 0.2) is 0 Å². The first-order chi connectivity index (χ1) is 34.9. The third-order valence-corrected chi connectivity index (χ3v) is 14.5. The topological polar surface area (TPSA) is 76.0 Å². The number of carbonyl (C=O) groups is 2. The summed E-state index contributed by atoms with van der Waals surface area (Å²) in [6, 6.07) is 77.3. The molecule has 0 saturated carbocycles. The van der Waals surface area contributed by atoms with Gasteiger partial charge in [-0.05, 0) is 144 Å². The standard InChI is InChI=1S/C64H39N5O2/c1-39-19-26-46(27-20-39)67-57-18-10-8-14-49(57)53-34-41(23-30-59(53)67)43-25-32-61-55(36-43)54-35-42(40-22-29-58-52(33-40)48-13-7-9-17-56(48)66(58)45-11-3-2-4-12-45)24-31-60(54)69(61)62-37-47(28-21-44(62)38-65)68-63(70)50-15-5-6-16-51(50)64(68)71/h2-37H,1H3. The van der Waals surface area contributed by atoms with Crippen molar-refractivity contribution in [3.8, 4) is 45.4 Å². The van der Waals surface area contributed by atoms with Crippen molar-refractivity contribution in [2.45, 2.75) is 6.92 Å². The van der Waals surface area contributed by atoms with Crippen LogP contribution in [-0.4, -0.2) is 25.5 Å². The van der Waals surface area contributed by atoms with Crippen LogP contribution in [0.15, 0.2) is 218 Å². The van der Waals surface area contributed by atoms with Crippen LogP contribution in [0.1, 0.15) is 31.8 Å². The number of imide groups is 1. The van der Waals surface area contributed by atoms with E-state index in [4.69, 9.17) is 0 Å². The Balaban J connectivity index is 0.978. The molecule has 1 aliphatic rings. The fourth-order valence-corrected chi connectivity index (χ4v) is 11.1. The Bertz CT molecular complexity index is 4430. The zero-order valence-corrected chi connectivity index (χ0v) is 38.3. The molecule has 0 N–H and O–H groups in total. The predicted molar refractivity (Wildman–Crippen MR) is 287 cm³/mol. The fourth-order valence-electron chi connectivity index (χ4n) is 11.1. The van der Waals surface area contributed by atoms with Crippen molar-refractivity contribution in [3.63, 3.8) is 0 Å². The molecular formula is C64H39N5O2. The summed E-state index contributed by atoms with van der Waals surface area (Å²) in [7, 11) is 0. The highest BCUT2D eigenvalue weighted by Crippen LogP contribution is 2.42. The van der Waals surface area contributed by atoms with E-state index in [1.807, 2.05) is 6.07 Å². The molecule has 7 nitrogen and oxygen atoms in total. The largest absolute Gasteiger partial charge is 0.309 e. The summed E-state index contributed by atoms with van der Waals surface area (Å²) in [5, 5.41) is 17.4. The summed E-state index contributed by atoms with van der Waals surface area (Å²) in [4.78, 5) is 28.9. The van der Waals surface area contributed by atoms with Gasteiger partial charge in [-0.1, -0.05) is 109 Å². The molecule has 71 heavy (non-hydrogen) atoms. The third-order valence-electron chi connectivity index (χ3n) is 14.5. The highest BCUT2D eigenvalue weighted by atomic mass is 16.2. The molecule has 3 aromatic heterocycles. The molecule has 0 atom stereocenters. The van der Waals surface area contributed by atoms with Crippen molar-refractivity contribution in [2.75, 3.05) is 4.90 Å². The molecule has 2 amide bonds. The monoisotopic (exact) mass is 909 g/mol. The molecule has 332 valence electrons. The van der Waals surface area contributed by atoms with Crippen LogP contribution in [0.5, 0.6) is 0 Å². The van der Waals surface area contributed by atoms with Crippen LogP contribution in [0.3, 0.4) is 0 Å². The second kappa shape index (κ2) is 15.4. The number of nitriles is 1. The second-order valence-corrected chi connectivity index (χ2v) is 18.4. The summed E-state index contributed by atoms with van der Waals surface area (Å²) in [6.45, 7) is 2.11. The van der Waals surface area contributed by atoms with E-state index in [-0.39, 0.29) is 11.8 Å². The molecular weight excluding hydrogens is 871 g/mol. The van der Waals surface area contributed by atoms with Gasteiger partial charge < -0.3 is 13.7 Å². The van der Waals surface area contributed by atoms with Gasteiger partial charge in [0.1, 0.15) is 6.07 Å². The molecule has 0 radical (unpaired) electrons. The first-order valence-corrected chi connectivity index (χ1v) is 23.7. The molecule has 0 spiro atoms. The normalized spacial score (nSPS) is 12.6. The minimum Gasteiger partial charge on any atom is -0.309 e. The van der Waals surface area contributed by atoms with Crippen molar-refractivity contribution in [2.24, 2.45) is 0 Å². The first-order valence-electron chi connectivity index (χ1n) is 23.7. The number of hydrogen-bond acceptors (Lipinski definition) is 3. The van der Waals surface area contributed by atoms with E-state index in [2.05, 4.69) is 197 Å². The maximum absolute atomic E-state index is 13.8. The second-order valence-electron chi connectivity index (χ2n) is 18.4. The lowest BCUT2D eigenvalue weighted by atomic mass is 9.98. The van der Waals surface area contributed by atoms with Gasteiger partial charge in [0, 0.05) is 43.7 Å². The number of aromatic nitrogens is 3. The van der Waals surface area contributed by atoms with Crippen molar-refractivity contribution in [3.05, 3.63) is 241 Å². The number of amides is 2. The van der Waals surface area contributed by atoms with Gasteiger partial charge in [0.05, 0.1) is 61.2 Å². The molecule has 0 saturated heterocycles. The maximum Gasteiger partial charge on any atom is 0.266 e. The SMILES string of the molecule is Cc1ccc(-n2c3ccccc3c3cc(-c4ccc5c(c4)c4cc(-c6ccc7c(c6)c6ccccc6n7-c6ccccc6)ccc4n5-c4cc(N5C(=O)c6ccccc6C5=O)ccc4C#N)ccc32)cc1. The lowest BCUT2D eigenvalue weighted by molar-refractivity contribution is 0.0926. The summed E-state index contributed by atoms with van der Waals surface area (Å²) in [5.74, 6) is -0.777. The Kier molecular flexibility index (Phi) is 8.73. The lowest BCUT2D eigenvalue weighted by Crippen LogP contribution is -2.29. The van der Waals surface area contributed by atoms with E-state index in [9.17, 15) is 14.9 Å². The number of carbonyl (C=O) groups excluding carboxylic acids is 2. The average molecular weight is 910 g/mol. The van der Waals surface area contributed by atoms with Crippen molar-refractivity contribution >= 4 is 82.9 Å². The van der Waals surface area contributed by atoms with Crippen molar-refractivity contribution < 1.29 is 9.59 Å². The van der Waals surface area contributed by atoms with Gasteiger partial charge >= 0.3 is 0 Å². The third kappa shape index (κ3) is 6.02. The molecule has 13 aromatic rings. The van der Waals surface area contributed by atoms with E-state index in [1.54, 1.807) is 42.5 Å². The van der Waals surface area contributed by atoms with E-state index >= 15 is 0 Å². The van der Waals surface area contributed by atoms with Crippen LogP contribution in [0.4, 0.5) is 5.69 Å². The van der Waals surface area contributed by atoms with Crippen LogP contribution in [0, 0.1) is 18.3 Å². The van der Waals surface area contributed by atoms with Crippen LogP contribution in [0.25, 0.3) is 105 Å². The van der Waals surface area contributed by atoms with Crippen LogP contribution in [0.2, 0.25) is 0 Å². The van der Waals surface area contributed by atoms with Gasteiger partial charge in [-0.25, -0.2) is 4.90 Å². The summed E-state index contributed by atoms with van der Waals surface area (Å²) in [5.41, 5.74) is 16.1. The minimum absolute atomic E-state index is 0.362. The van der Waals surface area contributed by atoms with Gasteiger partial charge in [-0.2, -0.15) is 5.26 Å². The summed E-state index contributed by atoms with van der Waals surface area (Å²) in [6.07, 6.45) is 0. The first kappa shape index (κ1) is 40.3. The number of anilines is 1. The van der Waals surface area contributed by atoms with E-state index in [0.717, 1.165) is 88.3 Å². The number of nitrogens with zero attached hydrogens (tertiary/aromatic N) is 5. The van der Waals surface area contributed by atoms with E-state index in [1.165, 1.54) is 21.2 Å². The smallest absolute Gasteiger partial charge is 0.266 e. The summed E-state index contributed by atoms with van der Waals surface area (Å²) < 4.78 is 6.77. The van der Waals surface area contributed by atoms with Crippen molar-refractivity contribution in [1.82, 2.24) is 13.7 Å². The van der Waals surface area contributed by atoms with Crippen molar-refractivity contribution in [1.29, 1.82) is 5.26 Å². The van der Waals surface area contributed by atoms with Gasteiger partial charge in [-0.3, -0.25) is 9.59 Å². The molecule has 4 heterocycles. The fraction of sp³-hybridized carbons (Fsp3) is 0.0156. The Morgan fingerprint density at radius 3 is 1.24 bits per heavy atom. The zero-order valence-electron chi connectivity index (χ0n) is 38.3. The van der Waals surface area contributed by atoms with E-state index in [0.29, 0.717) is 28.1 Å². The minimum atomic E-state index is -0.388. The molecule has 14 rings (SSSR count). The number of fused-ring (bicyclic) bond motifs is 10. The number of benzene rings is 10. The van der Waals surface area contributed by atoms with Crippen LogP contribution >= 0.6 is 0 Å². The molecule has 0 bridgehead atoms. The highest BCUT2D eigenvalue weighted by Gasteiger charge is 2.37. The summed E-state index contributed by atoms with van der Waals surface area (Å²) >= 11 is 0. The quantitative estimate of drug-likeness (QED) is 0.156. The van der Waals surface area contributed by atoms with Gasteiger partial charge in [0.25, 0.3) is 11.8 Å². The molecule has 1 aliphatic heterocycles. The number of para-hydroxylation sites is 3. The maximum atomic E-state index is 13.8. The Hall–Kier alpha value is -9.77. The molecule has 0 aliphatic carbocycles. The van der Waals surface area contributed by atoms with Crippen LogP contribution < -0.4 is 4.90 Å². The lowest BCUT2D eigenvalue weighted by Gasteiger charge is -2.17. The van der Waals surface area contributed by atoms with E-state index < -0.39 is 0 Å². The molecule has 7 heteroatoms. The zero-order chi connectivity index (χ0) is 47.5. The van der Waals surface area contributed by atoms with Crippen LogP contribution in [-0.2, 0) is 0 Å². The highest BCUT2D eigenvalue weighted by molar-refractivity contribution is 6.34. The number of rotatable bonds is 6. The Morgan fingerprint density at radius 2 is 0.746 bits per heavy atom. The number of aryl methyl sites for hydroxylation is 1.